The topological polar surface area (TPSA) is 75.6 Å². The van der Waals surface area contributed by atoms with Gasteiger partial charge in [0.1, 0.15) is 11.2 Å². The van der Waals surface area contributed by atoms with E-state index in [-0.39, 0.29) is 51.2 Å². The molecule has 306 valence electrons. The molecule has 5 aromatic carbocycles. The Morgan fingerprint density at radius 1 is 0.524 bits per heavy atom. The third kappa shape index (κ3) is 7.94. The van der Waals surface area contributed by atoms with Gasteiger partial charge in [-0.3, -0.25) is 15.0 Å². The highest BCUT2D eigenvalue weighted by molar-refractivity contribution is 6.09. The van der Waals surface area contributed by atoms with E-state index in [0.29, 0.717) is 27.7 Å². The van der Waals surface area contributed by atoms with Crippen LogP contribution in [0.5, 0.6) is 0 Å². The molecule has 5 nitrogen and oxygen atoms in total. The van der Waals surface area contributed by atoms with Gasteiger partial charge in [0.15, 0.2) is 0 Å². The van der Waals surface area contributed by atoms with Gasteiger partial charge in [-0.1, -0.05) is 84.9 Å². The number of para-hydroxylation sites is 1. The molecule has 63 heavy (non-hydrogen) atoms. The molecule has 0 saturated carbocycles. The van der Waals surface area contributed by atoms with Gasteiger partial charge in [-0.15, -0.1) is 0 Å². The molecule has 0 N–H and O–H groups in total. The molecule has 9 aromatic rings. The first kappa shape index (κ1) is 26.3. The van der Waals surface area contributed by atoms with E-state index in [9.17, 15) is 21.7 Å². The molecule has 0 aliphatic heterocycles. The van der Waals surface area contributed by atoms with E-state index in [1.807, 2.05) is 30.3 Å². The first-order valence-electron chi connectivity index (χ1n) is 28.1. The van der Waals surface area contributed by atoms with Crippen molar-refractivity contribution < 1.29 is 23.6 Å². The molecular formula is C58H48N4O. The number of pyridine rings is 3. The lowest BCUT2D eigenvalue weighted by molar-refractivity contribution is 0.669. The lowest BCUT2D eigenvalue weighted by Gasteiger charge is -2.12. The molecule has 0 bridgehead atoms. The largest absolute Gasteiger partial charge is 0.455 e. The van der Waals surface area contributed by atoms with Gasteiger partial charge >= 0.3 is 0 Å². The number of rotatable bonds is 12. The first-order valence-corrected chi connectivity index (χ1v) is 21.1. The maximum absolute atomic E-state index is 9.59. The zero-order valence-electron chi connectivity index (χ0n) is 48.1. The molecule has 5 heteroatoms. The van der Waals surface area contributed by atoms with Gasteiger partial charge in [0.05, 0.1) is 31.5 Å². The summed E-state index contributed by atoms with van der Waals surface area (Å²) in [5.41, 5.74) is 6.23. The summed E-state index contributed by atoms with van der Waals surface area (Å²) in [4.78, 5) is 13.7. The van der Waals surface area contributed by atoms with Crippen LogP contribution in [0.25, 0.3) is 55.7 Å². The monoisotopic (exact) mass is 830 g/mol. The fourth-order valence-electron chi connectivity index (χ4n) is 8.81. The average molecular weight is 831 g/mol. The number of benzene rings is 5. The molecule has 4 heterocycles. The lowest BCUT2D eigenvalue weighted by atomic mass is 9.94. The van der Waals surface area contributed by atoms with Crippen molar-refractivity contribution in [2.75, 3.05) is 0 Å². The van der Waals surface area contributed by atoms with Gasteiger partial charge in [-0.05, 0) is 175 Å². The molecule has 2 aliphatic carbocycles. The van der Waals surface area contributed by atoms with Crippen LogP contribution in [0.2, 0.25) is 0 Å². The fourth-order valence-corrected chi connectivity index (χ4v) is 8.81. The number of fused-ring (bicyclic) bond motifs is 5. The van der Waals surface area contributed by atoms with Crippen LogP contribution in [0.1, 0.15) is 93.2 Å². The number of aromatic nitrogens is 3. The van der Waals surface area contributed by atoms with Crippen LogP contribution in [0.15, 0.2) is 150 Å². The Labute approximate surface area is 388 Å². The lowest BCUT2D eigenvalue weighted by Crippen LogP contribution is -2.01. The molecule has 11 rings (SSSR count). The summed E-state index contributed by atoms with van der Waals surface area (Å²) in [6, 6.07) is 31.8. The second-order valence-corrected chi connectivity index (χ2v) is 15.9. The van der Waals surface area contributed by atoms with Gasteiger partial charge < -0.3 is 4.42 Å². The predicted molar refractivity (Wildman–Crippen MR) is 254 cm³/mol. The third-order valence-corrected chi connectivity index (χ3v) is 11.9. The summed E-state index contributed by atoms with van der Waals surface area (Å²) in [5, 5.41) is 10.6. The Kier molecular flexibility index (Phi) is 7.09. The smallest absolute Gasteiger partial charge is 0.144 e. The summed E-state index contributed by atoms with van der Waals surface area (Å²) < 4.78 is 137. The molecule has 0 atom stereocenters. The SMILES string of the molecule is [2H]c1cc2c(oc3c(-c4ccc(C([2H])([2H])C([2H])([2H])c5cc(C([2H])([2H])C([2H])([2H])c6ccc(-c7cccc8c7CCC8)nc6)cc(C([2H])([2H])C([2H])([2H])c6ccc(-c7cccc8c7CCC8)nc6)c5)cn4)cccc32)c([2H])c1C#N. The van der Waals surface area contributed by atoms with Crippen molar-refractivity contribution in [1.82, 2.24) is 15.0 Å². The van der Waals surface area contributed by atoms with E-state index < -0.39 is 54.9 Å². The van der Waals surface area contributed by atoms with Gasteiger partial charge in [-0.25, -0.2) is 0 Å². The van der Waals surface area contributed by atoms with E-state index in [0.717, 1.165) is 85.2 Å². The zero-order valence-corrected chi connectivity index (χ0v) is 34.1. The van der Waals surface area contributed by atoms with Gasteiger partial charge in [0, 0.05) is 62.5 Å². The minimum absolute atomic E-state index is 0.0955. The van der Waals surface area contributed by atoms with E-state index in [4.69, 9.17) is 7.16 Å². The van der Waals surface area contributed by atoms with E-state index in [2.05, 4.69) is 27.1 Å². The van der Waals surface area contributed by atoms with Crippen molar-refractivity contribution in [2.24, 2.45) is 0 Å². The Morgan fingerprint density at radius 2 is 1.00 bits per heavy atom. The summed E-state index contributed by atoms with van der Waals surface area (Å²) >= 11 is 0. The third-order valence-electron chi connectivity index (χ3n) is 11.9. The van der Waals surface area contributed by atoms with Crippen molar-refractivity contribution >= 4 is 21.9 Å². The second-order valence-electron chi connectivity index (χ2n) is 15.9. The molecular weight excluding hydrogens is 769 g/mol. The maximum Gasteiger partial charge on any atom is 0.144 e. The minimum Gasteiger partial charge on any atom is -0.455 e. The van der Waals surface area contributed by atoms with Crippen molar-refractivity contribution in [2.45, 2.75) is 76.8 Å². The zero-order chi connectivity index (χ0) is 54.6. The van der Waals surface area contributed by atoms with Gasteiger partial charge in [-0.2, -0.15) is 5.26 Å². The Bertz CT molecular complexity index is 3720. The minimum atomic E-state index is -3.15. The van der Waals surface area contributed by atoms with E-state index in [1.54, 1.807) is 30.3 Å². The molecule has 0 saturated heterocycles. The van der Waals surface area contributed by atoms with Crippen LogP contribution in [-0.2, 0) is 63.9 Å². The van der Waals surface area contributed by atoms with Crippen LogP contribution in [0, 0.1) is 11.3 Å². The van der Waals surface area contributed by atoms with Crippen LogP contribution in [-0.4, -0.2) is 15.0 Å². The Balaban J connectivity index is 0.986. The summed E-state index contributed by atoms with van der Waals surface area (Å²) in [5.74, 6) is 0. The van der Waals surface area contributed by atoms with Crippen molar-refractivity contribution in [3.8, 4) is 39.8 Å². The molecule has 0 radical (unpaired) electrons. The van der Waals surface area contributed by atoms with Crippen molar-refractivity contribution in [1.29, 1.82) is 5.26 Å². The summed E-state index contributed by atoms with van der Waals surface area (Å²) in [7, 11) is 0. The Hall–Kier alpha value is -7.16. The van der Waals surface area contributed by atoms with Crippen LogP contribution in [0.4, 0.5) is 0 Å². The van der Waals surface area contributed by atoms with Crippen molar-refractivity contribution in [3.05, 3.63) is 207 Å². The second kappa shape index (κ2) is 17.0. The number of nitriles is 1. The number of nitrogens with zero attached hydrogens (tertiary/aromatic N) is 4. The Morgan fingerprint density at radius 3 is 1.49 bits per heavy atom. The summed E-state index contributed by atoms with van der Waals surface area (Å²) in [6.07, 6.45) is -8.99. The van der Waals surface area contributed by atoms with Crippen molar-refractivity contribution in [3.63, 3.8) is 0 Å². The summed E-state index contributed by atoms with van der Waals surface area (Å²) in [6.45, 7) is 0. The maximum atomic E-state index is 9.59. The van der Waals surface area contributed by atoms with Crippen LogP contribution in [0.3, 0.4) is 0 Å². The number of aryl methyl sites for hydroxylation is 8. The molecule has 2 aliphatic rings. The number of furan rings is 1. The van der Waals surface area contributed by atoms with Gasteiger partial charge in [0.2, 0.25) is 0 Å². The highest BCUT2D eigenvalue weighted by atomic mass is 16.3. The number of hydrogen-bond acceptors (Lipinski definition) is 5. The molecule has 0 unspecified atom stereocenters. The van der Waals surface area contributed by atoms with E-state index >= 15 is 0 Å². The quantitative estimate of drug-likeness (QED) is 0.123. The normalized spacial score (nSPS) is 17.7. The van der Waals surface area contributed by atoms with Crippen LogP contribution < -0.4 is 0 Å². The molecule has 0 spiro atoms. The average Bonchev–Trinajstić information content (AvgIpc) is 4.24. The number of hydrogen-bond donors (Lipinski definition) is 0. The standard InChI is InChI=1S/C58H48N4O/c59-34-44-22-26-51-52-14-5-15-53(58(52)63-57(51)33-44)56-29-25-40(37-62-56)18-21-43-31-41(19-16-38-23-27-54(60-35-38)49-12-3-8-45-6-1-10-47(45)49)30-42(32-43)20-17-39-24-28-55(61-36-39)50-13-4-9-46-7-2-11-48(46)50/h3-5,8-9,12-15,22-33,35-37H,1-2,6-7,10-11,16-21H2/i16D2,17D2,18D2,19D2,20D2,21D2,22D,33D. The first-order chi connectivity index (χ1) is 36.5. The highest BCUT2D eigenvalue weighted by Gasteiger charge is 2.18. The molecule has 0 fully saturated rings. The molecule has 0 amide bonds. The van der Waals surface area contributed by atoms with E-state index in [1.165, 1.54) is 53.9 Å². The molecule has 4 aromatic heterocycles. The highest BCUT2D eigenvalue weighted by Crippen LogP contribution is 2.36. The van der Waals surface area contributed by atoms with Gasteiger partial charge in [0.25, 0.3) is 0 Å². The fraction of sp³-hybridized carbons (Fsp3) is 0.207. The predicted octanol–water partition coefficient (Wildman–Crippen LogP) is 13.0. The van der Waals surface area contributed by atoms with Crippen LogP contribution >= 0.6 is 0 Å².